The molecule has 1 aliphatic heterocycles. The minimum absolute atomic E-state index is 0.696. The third kappa shape index (κ3) is 4.41. The number of pyridine rings is 1. The molecule has 6 heteroatoms. The molecule has 5 rings (SSSR count). The van der Waals surface area contributed by atoms with E-state index in [1.807, 2.05) is 31.3 Å². The van der Waals surface area contributed by atoms with E-state index in [-0.39, 0.29) is 0 Å². The predicted octanol–water partition coefficient (Wildman–Crippen LogP) is 4.41. The summed E-state index contributed by atoms with van der Waals surface area (Å²) in [6.07, 6.45) is 3.59. The zero-order valence-corrected chi connectivity index (χ0v) is 18.3. The molecule has 1 aliphatic rings. The maximum Gasteiger partial charge on any atom is 0.163 e. The van der Waals surface area contributed by atoms with Crippen molar-refractivity contribution in [2.45, 2.75) is 13.5 Å². The maximum atomic E-state index is 5.55. The van der Waals surface area contributed by atoms with Crippen LogP contribution in [0.3, 0.4) is 0 Å². The third-order valence-electron chi connectivity index (χ3n) is 5.82. The van der Waals surface area contributed by atoms with Crippen LogP contribution in [0, 0.1) is 0 Å². The molecule has 4 aromatic rings. The van der Waals surface area contributed by atoms with Gasteiger partial charge in [0.05, 0.1) is 12.1 Å². The van der Waals surface area contributed by atoms with Gasteiger partial charge in [-0.1, -0.05) is 24.3 Å². The quantitative estimate of drug-likeness (QED) is 0.456. The Bertz CT molecular complexity index is 1170. The average Bonchev–Trinajstić information content (AvgIpc) is 2.86. The van der Waals surface area contributed by atoms with Gasteiger partial charge in [-0.15, -0.1) is 0 Å². The van der Waals surface area contributed by atoms with Crippen LogP contribution in [0.2, 0.25) is 0 Å². The molecule has 0 bridgehead atoms. The van der Waals surface area contributed by atoms with Crippen molar-refractivity contribution in [3.8, 4) is 17.1 Å². The summed E-state index contributed by atoms with van der Waals surface area (Å²) in [5.41, 5.74) is 3.22. The van der Waals surface area contributed by atoms with E-state index in [1.165, 1.54) is 5.56 Å². The van der Waals surface area contributed by atoms with Crippen molar-refractivity contribution in [3.05, 3.63) is 78.6 Å². The molecular weight excluding hydrogens is 398 g/mol. The second kappa shape index (κ2) is 9.32. The molecule has 2 aromatic carbocycles. The highest BCUT2D eigenvalue weighted by Crippen LogP contribution is 2.28. The molecule has 0 saturated carbocycles. The monoisotopic (exact) mass is 425 g/mol. The number of hydrogen-bond acceptors (Lipinski definition) is 6. The Morgan fingerprint density at radius 2 is 1.69 bits per heavy atom. The van der Waals surface area contributed by atoms with Crippen LogP contribution in [-0.2, 0) is 6.54 Å². The summed E-state index contributed by atoms with van der Waals surface area (Å²) in [6.45, 7) is 7.51. The first-order valence-electron chi connectivity index (χ1n) is 11.2. The Morgan fingerprint density at radius 1 is 0.875 bits per heavy atom. The number of para-hydroxylation sites is 1. The molecule has 0 radical (unpaired) electrons. The van der Waals surface area contributed by atoms with E-state index in [4.69, 9.17) is 14.7 Å². The first kappa shape index (κ1) is 20.4. The summed E-state index contributed by atoms with van der Waals surface area (Å²) in [5.74, 6) is 2.67. The van der Waals surface area contributed by atoms with E-state index < -0.39 is 0 Å². The molecule has 0 atom stereocenters. The SMILES string of the molecule is CCOc1ccc(CN2CCN(c3nc(-c4cccnc4)nc4ccccc34)CC2)cc1. The third-order valence-corrected chi connectivity index (χ3v) is 5.82. The van der Waals surface area contributed by atoms with E-state index in [9.17, 15) is 0 Å². The second-order valence-corrected chi connectivity index (χ2v) is 7.97. The molecule has 3 heterocycles. The van der Waals surface area contributed by atoms with Crippen LogP contribution >= 0.6 is 0 Å². The Hall–Kier alpha value is -3.51. The number of rotatable bonds is 6. The van der Waals surface area contributed by atoms with Crippen LogP contribution in [0.25, 0.3) is 22.3 Å². The average molecular weight is 426 g/mol. The molecule has 0 spiro atoms. The van der Waals surface area contributed by atoms with E-state index in [1.54, 1.807) is 6.20 Å². The van der Waals surface area contributed by atoms with Crippen LogP contribution in [0.5, 0.6) is 5.75 Å². The van der Waals surface area contributed by atoms with Crippen LogP contribution in [0.4, 0.5) is 5.82 Å². The fourth-order valence-electron chi connectivity index (χ4n) is 4.16. The Balaban J connectivity index is 1.33. The van der Waals surface area contributed by atoms with Crippen molar-refractivity contribution in [1.82, 2.24) is 19.9 Å². The fourth-order valence-corrected chi connectivity index (χ4v) is 4.16. The molecule has 32 heavy (non-hydrogen) atoms. The minimum Gasteiger partial charge on any atom is -0.494 e. The Kier molecular flexibility index (Phi) is 5.94. The smallest absolute Gasteiger partial charge is 0.163 e. The molecule has 1 fully saturated rings. The molecule has 0 N–H and O–H groups in total. The number of anilines is 1. The van der Waals surface area contributed by atoms with E-state index >= 15 is 0 Å². The zero-order chi connectivity index (χ0) is 21.8. The predicted molar refractivity (Wildman–Crippen MR) is 128 cm³/mol. The van der Waals surface area contributed by atoms with E-state index in [0.29, 0.717) is 6.61 Å². The lowest BCUT2D eigenvalue weighted by atomic mass is 10.1. The van der Waals surface area contributed by atoms with Crippen LogP contribution < -0.4 is 9.64 Å². The van der Waals surface area contributed by atoms with Crippen LogP contribution in [-0.4, -0.2) is 52.6 Å². The number of hydrogen-bond donors (Lipinski definition) is 0. The van der Waals surface area contributed by atoms with Gasteiger partial charge in [0.15, 0.2) is 5.82 Å². The molecule has 2 aromatic heterocycles. The van der Waals surface area contributed by atoms with Crippen molar-refractivity contribution in [1.29, 1.82) is 0 Å². The van der Waals surface area contributed by atoms with Gasteiger partial charge in [-0.25, -0.2) is 9.97 Å². The molecule has 1 saturated heterocycles. The zero-order valence-electron chi connectivity index (χ0n) is 18.3. The van der Waals surface area contributed by atoms with Crippen molar-refractivity contribution in [3.63, 3.8) is 0 Å². The lowest BCUT2D eigenvalue weighted by Crippen LogP contribution is -2.46. The first-order chi connectivity index (χ1) is 15.8. The summed E-state index contributed by atoms with van der Waals surface area (Å²) in [5, 5.41) is 1.10. The van der Waals surface area contributed by atoms with Gasteiger partial charge in [0, 0.05) is 56.1 Å². The minimum atomic E-state index is 0.696. The van der Waals surface area contributed by atoms with Crippen LogP contribution in [0.15, 0.2) is 73.1 Å². The lowest BCUT2D eigenvalue weighted by molar-refractivity contribution is 0.249. The van der Waals surface area contributed by atoms with Crippen molar-refractivity contribution in [2.75, 3.05) is 37.7 Å². The van der Waals surface area contributed by atoms with Gasteiger partial charge >= 0.3 is 0 Å². The number of nitrogens with zero attached hydrogens (tertiary/aromatic N) is 5. The molecule has 0 amide bonds. The molecule has 0 aliphatic carbocycles. The first-order valence-corrected chi connectivity index (χ1v) is 11.2. The summed E-state index contributed by atoms with van der Waals surface area (Å²) in [4.78, 5) is 18.9. The maximum absolute atomic E-state index is 5.55. The molecule has 6 nitrogen and oxygen atoms in total. The second-order valence-electron chi connectivity index (χ2n) is 7.97. The van der Waals surface area contributed by atoms with Gasteiger partial charge in [0.1, 0.15) is 11.6 Å². The molecule has 162 valence electrons. The van der Waals surface area contributed by atoms with Gasteiger partial charge in [0.2, 0.25) is 0 Å². The topological polar surface area (TPSA) is 54.4 Å². The van der Waals surface area contributed by atoms with Gasteiger partial charge < -0.3 is 9.64 Å². The lowest BCUT2D eigenvalue weighted by Gasteiger charge is -2.36. The number of fused-ring (bicyclic) bond motifs is 1. The number of piperazine rings is 1. The summed E-state index contributed by atoms with van der Waals surface area (Å²) < 4.78 is 5.55. The van der Waals surface area contributed by atoms with Crippen molar-refractivity contribution in [2.24, 2.45) is 0 Å². The van der Waals surface area contributed by atoms with Crippen molar-refractivity contribution >= 4 is 16.7 Å². The highest BCUT2D eigenvalue weighted by Gasteiger charge is 2.21. The standard InChI is InChI=1S/C26H27N5O/c1-2-32-22-11-9-20(10-12-22)19-30-14-16-31(17-15-30)26-23-7-3-4-8-24(23)28-25(29-26)21-6-5-13-27-18-21/h3-13,18H,2,14-17,19H2,1H3. The van der Waals surface area contributed by atoms with Crippen molar-refractivity contribution < 1.29 is 4.74 Å². The largest absolute Gasteiger partial charge is 0.494 e. The van der Waals surface area contributed by atoms with E-state index in [0.717, 1.165) is 66.6 Å². The molecule has 0 unspecified atom stereocenters. The number of ether oxygens (including phenoxy) is 1. The number of benzene rings is 2. The molecular formula is C26H27N5O. The number of aromatic nitrogens is 3. The van der Waals surface area contributed by atoms with Gasteiger partial charge in [0.25, 0.3) is 0 Å². The summed E-state index contributed by atoms with van der Waals surface area (Å²) >= 11 is 0. The highest BCUT2D eigenvalue weighted by atomic mass is 16.5. The normalized spacial score (nSPS) is 14.6. The van der Waals surface area contributed by atoms with Gasteiger partial charge in [-0.05, 0) is 48.9 Å². The van der Waals surface area contributed by atoms with Gasteiger partial charge in [-0.2, -0.15) is 0 Å². The Labute approximate surface area is 188 Å². The fraction of sp³-hybridized carbons (Fsp3) is 0.269. The Morgan fingerprint density at radius 3 is 2.44 bits per heavy atom. The summed E-state index contributed by atoms with van der Waals surface area (Å²) in [7, 11) is 0. The van der Waals surface area contributed by atoms with Gasteiger partial charge in [-0.3, -0.25) is 9.88 Å². The van der Waals surface area contributed by atoms with Crippen LogP contribution in [0.1, 0.15) is 12.5 Å². The highest BCUT2D eigenvalue weighted by molar-refractivity contribution is 5.91. The van der Waals surface area contributed by atoms with E-state index in [2.05, 4.69) is 57.2 Å². The summed E-state index contributed by atoms with van der Waals surface area (Å²) in [6, 6.07) is 20.6.